The molecule has 1 atom stereocenters. The normalized spacial score (nSPS) is 18.9. The molecule has 2 aromatic heterocycles. The molecule has 1 unspecified atom stereocenters. The van der Waals surface area contributed by atoms with Crippen molar-refractivity contribution < 1.29 is 4.52 Å². The summed E-state index contributed by atoms with van der Waals surface area (Å²) in [4.78, 5) is 12.4. The Bertz CT molecular complexity index is 518. The molecule has 2 N–H and O–H groups in total. The Hall–Kier alpha value is -1.82. The lowest BCUT2D eigenvalue weighted by Gasteiger charge is -2.18. The minimum absolute atomic E-state index is 0.436. The van der Waals surface area contributed by atoms with Crippen LogP contribution < -0.4 is 5.73 Å². The van der Waals surface area contributed by atoms with Crippen LogP contribution in [0.25, 0.3) is 11.5 Å². The first-order valence-electron chi connectivity index (χ1n) is 5.57. The van der Waals surface area contributed by atoms with Gasteiger partial charge in [0.15, 0.2) is 0 Å². The van der Waals surface area contributed by atoms with E-state index in [9.17, 15) is 0 Å². The molecule has 1 saturated carbocycles. The van der Waals surface area contributed by atoms with Gasteiger partial charge in [0.2, 0.25) is 11.7 Å². The van der Waals surface area contributed by atoms with Crippen LogP contribution in [0.4, 0.5) is 0 Å². The smallest absolute Gasteiger partial charge is 0.247 e. The molecule has 6 nitrogen and oxygen atoms in total. The number of aromatic nitrogens is 4. The van der Waals surface area contributed by atoms with Crippen molar-refractivity contribution in [2.45, 2.75) is 25.3 Å². The summed E-state index contributed by atoms with van der Waals surface area (Å²) in [6.07, 6.45) is 7.03. The molecule has 17 heavy (non-hydrogen) atoms. The Labute approximate surface area is 98.3 Å². The van der Waals surface area contributed by atoms with Gasteiger partial charge >= 0.3 is 0 Å². The van der Waals surface area contributed by atoms with Gasteiger partial charge in [0.05, 0.1) is 11.7 Å². The van der Waals surface area contributed by atoms with E-state index in [4.69, 9.17) is 10.3 Å². The van der Waals surface area contributed by atoms with Crippen molar-refractivity contribution in [3.63, 3.8) is 0 Å². The quantitative estimate of drug-likeness (QED) is 0.850. The van der Waals surface area contributed by atoms with Crippen molar-refractivity contribution in [3.8, 4) is 11.5 Å². The van der Waals surface area contributed by atoms with Gasteiger partial charge in [0.1, 0.15) is 5.69 Å². The van der Waals surface area contributed by atoms with E-state index in [-0.39, 0.29) is 0 Å². The zero-order chi connectivity index (χ0) is 11.9. The van der Waals surface area contributed by atoms with Gasteiger partial charge in [-0.15, -0.1) is 0 Å². The minimum atomic E-state index is -0.534. The second-order valence-corrected chi connectivity index (χ2v) is 4.57. The highest BCUT2D eigenvalue weighted by Crippen LogP contribution is 2.43. The molecule has 6 heteroatoms. The van der Waals surface area contributed by atoms with Gasteiger partial charge in [-0.25, -0.2) is 4.98 Å². The van der Waals surface area contributed by atoms with E-state index in [0.717, 1.165) is 12.8 Å². The number of hydrogen-bond acceptors (Lipinski definition) is 6. The summed E-state index contributed by atoms with van der Waals surface area (Å²) in [6.45, 7) is 1.93. The van der Waals surface area contributed by atoms with Crippen LogP contribution in [0, 0.1) is 5.92 Å². The summed E-state index contributed by atoms with van der Waals surface area (Å²) in [5.74, 6) is 1.35. The lowest BCUT2D eigenvalue weighted by atomic mass is 9.97. The summed E-state index contributed by atoms with van der Waals surface area (Å²) < 4.78 is 5.23. The number of nitrogens with two attached hydrogens (primary N) is 1. The standard InChI is InChI=1S/C11H13N5O/c1-11(12,7-2-3-7)10-15-9(16-17-10)8-6-13-4-5-14-8/h4-7H,2-3,12H2,1H3. The summed E-state index contributed by atoms with van der Waals surface area (Å²) in [7, 11) is 0. The van der Waals surface area contributed by atoms with Crippen LogP contribution in [0.15, 0.2) is 23.1 Å². The largest absolute Gasteiger partial charge is 0.337 e. The van der Waals surface area contributed by atoms with E-state index in [1.54, 1.807) is 18.6 Å². The van der Waals surface area contributed by atoms with Gasteiger partial charge in [-0.1, -0.05) is 5.16 Å². The van der Waals surface area contributed by atoms with Crippen molar-refractivity contribution in [1.82, 2.24) is 20.1 Å². The number of nitrogens with zero attached hydrogens (tertiary/aromatic N) is 4. The van der Waals surface area contributed by atoms with Gasteiger partial charge in [0, 0.05) is 12.4 Å². The zero-order valence-corrected chi connectivity index (χ0v) is 9.50. The van der Waals surface area contributed by atoms with E-state index in [2.05, 4.69) is 20.1 Å². The van der Waals surface area contributed by atoms with Crippen LogP contribution in [0.1, 0.15) is 25.7 Å². The fourth-order valence-electron chi connectivity index (χ4n) is 1.82. The topological polar surface area (TPSA) is 90.7 Å². The highest BCUT2D eigenvalue weighted by Gasteiger charge is 2.43. The first-order valence-corrected chi connectivity index (χ1v) is 5.57. The molecule has 2 aromatic rings. The van der Waals surface area contributed by atoms with Crippen LogP contribution in [0.2, 0.25) is 0 Å². The molecule has 0 aliphatic heterocycles. The Kier molecular flexibility index (Phi) is 2.19. The second-order valence-electron chi connectivity index (χ2n) is 4.57. The molecule has 3 rings (SSSR count). The van der Waals surface area contributed by atoms with Crippen molar-refractivity contribution in [3.05, 3.63) is 24.5 Å². The highest BCUT2D eigenvalue weighted by molar-refractivity contribution is 5.45. The second kappa shape index (κ2) is 3.59. The van der Waals surface area contributed by atoms with E-state index >= 15 is 0 Å². The third-order valence-corrected chi connectivity index (χ3v) is 3.10. The Balaban J connectivity index is 1.93. The molecular weight excluding hydrogens is 218 g/mol. The van der Waals surface area contributed by atoms with Crippen molar-refractivity contribution in [1.29, 1.82) is 0 Å². The van der Waals surface area contributed by atoms with Gasteiger partial charge < -0.3 is 10.3 Å². The molecule has 0 radical (unpaired) electrons. The van der Waals surface area contributed by atoms with E-state index in [0.29, 0.717) is 23.3 Å². The summed E-state index contributed by atoms with van der Waals surface area (Å²) in [6, 6.07) is 0. The SMILES string of the molecule is CC(N)(c1nc(-c2cnccn2)no1)C1CC1. The third-order valence-electron chi connectivity index (χ3n) is 3.10. The molecule has 0 spiro atoms. The molecule has 1 fully saturated rings. The molecule has 0 saturated heterocycles. The Morgan fingerprint density at radius 3 is 2.88 bits per heavy atom. The highest BCUT2D eigenvalue weighted by atomic mass is 16.5. The fourth-order valence-corrected chi connectivity index (χ4v) is 1.82. The van der Waals surface area contributed by atoms with E-state index in [1.165, 1.54) is 0 Å². The van der Waals surface area contributed by atoms with Gasteiger partial charge in [-0.2, -0.15) is 4.98 Å². The lowest BCUT2D eigenvalue weighted by molar-refractivity contribution is 0.273. The predicted octanol–water partition coefficient (Wildman–Crippen LogP) is 1.11. The molecule has 2 heterocycles. The molecule has 88 valence electrons. The fraction of sp³-hybridized carbons (Fsp3) is 0.455. The number of rotatable bonds is 3. The van der Waals surface area contributed by atoms with Crippen LogP contribution in [-0.4, -0.2) is 20.1 Å². The minimum Gasteiger partial charge on any atom is -0.337 e. The number of hydrogen-bond donors (Lipinski definition) is 1. The van der Waals surface area contributed by atoms with Gasteiger partial charge in [0.25, 0.3) is 0 Å². The Morgan fingerprint density at radius 2 is 2.24 bits per heavy atom. The van der Waals surface area contributed by atoms with Crippen molar-refractivity contribution in [2.75, 3.05) is 0 Å². The molecule has 1 aliphatic carbocycles. The van der Waals surface area contributed by atoms with Crippen LogP contribution in [-0.2, 0) is 5.54 Å². The third kappa shape index (κ3) is 1.80. The molecular formula is C11H13N5O. The maximum atomic E-state index is 6.20. The van der Waals surface area contributed by atoms with Crippen LogP contribution >= 0.6 is 0 Å². The zero-order valence-electron chi connectivity index (χ0n) is 9.50. The molecule has 0 bridgehead atoms. The maximum absolute atomic E-state index is 6.20. The lowest BCUT2D eigenvalue weighted by Crippen LogP contribution is -2.35. The van der Waals surface area contributed by atoms with Gasteiger partial charge in [-0.3, -0.25) is 4.98 Å². The van der Waals surface area contributed by atoms with E-state index in [1.807, 2.05) is 6.92 Å². The van der Waals surface area contributed by atoms with E-state index < -0.39 is 5.54 Å². The Morgan fingerprint density at radius 1 is 1.41 bits per heavy atom. The molecule has 1 aliphatic rings. The molecule has 0 aromatic carbocycles. The first kappa shape index (κ1) is 10.3. The predicted molar refractivity (Wildman–Crippen MR) is 59.6 cm³/mol. The molecule has 0 amide bonds. The van der Waals surface area contributed by atoms with Crippen LogP contribution in [0.5, 0.6) is 0 Å². The van der Waals surface area contributed by atoms with Crippen molar-refractivity contribution >= 4 is 0 Å². The summed E-state index contributed by atoms with van der Waals surface area (Å²) >= 11 is 0. The monoisotopic (exact) mass is 231 g/mol. The first-order chi connectivity index (χ1) is 8.18. The van der Waals surface area contributed by atoms with Gasteiger partial charge in [-0.05, 0) is 25.7 Å². The summed E-state index contributed by atoms with van der Waals surface area (Å²) in [5.41, 5.74) is 6.26. The van der Waals surface area contributed by atoms with Crippen LogP contribution in [0.3, 0.4) is 0 Å². The summed E-state index contributed by atoms with van der Waals surface area (Å²) in [5, 5.41) is 3.89. The average Bonchev–Trinajstić information content (AvgIpc) is 3.08. The van der Waals surface area contributed by atoms with Crippen molar-refractivity contribution in [2.24, 2.45) is 11.7 Å². The average molecular weight is 231 g/mol. The maximum Gasteiger partial charge on any atom is 0.247 e.